The summed E-state index contributed by atoms with van der Waals surface area (Å²) in [6.07, 6.45) is 6.70. The fraction of sp³-hybridized carbons (Fsp3) is 0.708. The molecule has 31 heavy (non-hydrogen) atoms. The highest BCUT2D eigenvalue weighted by Crippen LogP contribution is 2.30. The standard InChI is InChI=1S/C24H38N2O5/c1-25(2)17-24(27)31-19-11-13-26(16-19)20-7-5-6-8-21(20)30-14-12-18-9-10-22(28-3)23(15-18)29-4/h9-10,15,19-21H,5-8,11-14,16-17H2,1-4H3/t19-,20-,21+/m1/s1. The number of carbonyl (C=O) groups excluding carboxylic acids is 1. The number of ether oxygens (including phenoxy) is 4. The number of rotatable bonds is 10. The molecule has 0 amide bonds. The molecule has 0 unspecified atom stereocenters. The number of likely N-dealkylation sites (N-methyl/N-ethyl adjacent to an activating group) is 1. The van der Waals surface area contributed by atoms with Crippen LogP contribution in [-0.4, -0.2) is 88.6 Å². The summed E-state index contributed by atoms with van der Waals surface area (Å²) in [7, 11) is 7.07. The van der Waals surface area contributed by atoms with Crippen molar-refractivity contribution in [2.24, 2.45) is 0 Å². The molecule has 1 aromatic carbocycles. The molecule has 1 aliphatic heterocycles. The predicted octanol–water partition coefficient (Wildman–Crippen LogP) is 2.75. The van der Waals surface area contributed by atoms with Crippen molar-refractivity contribution >= 4 is 5.97 Å². The molecule has 0 radical (unpaired) electrons. The average Bonchev–Trinajstić information content (AvgIpc) is 3.21. The zero-order chi connectivity index (χ0) is 22.2. The van der Waals surface area contributed by atoms with E-state index in [-0.39, 0.29) is 18.2 Å². The van der Waals surface area contributed by atoms with E-state index < -0.39 is 0 Å². The summed E-state index contributed by atoms with van der Waals surface area (Å²) < 4.78 is 22.8. The Hall–Kier alpha value is -1.83. The maximum absolute atomic E-state index is 12.0. The molecule has 0 bridgehead atoms. The number of carbonyl (C=O) groups is 1. The van der Waals surface area contributed by atoms with Crippen LogP contribution in [0, 0.1) is 0 Å². The molecule has 0 N–H and O–H groups in total. The normalized spacial score (nSPS) is 24.4. The molecule has 174 valence electrons. The smallest absolute Gasteiger partial charge is 0.320 e. The lowest BCUT2D eigenvalue weighted by Crippen LogP contribution is -2.46. The van der Waals surface area contributed by atoms with E-state index in [0.29, 0.717) is 19.2 Å². The second-order valence-electron chi connectivity index (χ2n) is 8.83. The lowest BCUT2D eigenvalue weighted by Gasteiger charge is -2.37. The molecule has 1 aromatic rings. The van der Waals surface area contributed by atoms with Crippen molar-refractivity contribution in [3.63, 3.8) is 0 Å². The lowest BCUT2D eigenvalue weighted by atomic mass is 9.91. The molecule has 0 spiro atoms. The molecule has 1 saturated carbocycles. The van der Waals surface area contributed by atoms with Crippen molar-refractivity contribution in [3.8, 4) is 11.5 Å². The van der Waals surface area contributed by atoms with Gasteiger partial charge in [-0.2, -0.15) is 0 Å². The van der Waals surface area contributed by atoms with Crippen molar-refractivity contribution in [1.29, 1.82) is 0 Å². The van der Waals surface area contributed by atoms with Crippen molar-refractivity contribution in [2.45, 2.75) is 56.8 Å². The molecule has 7 nitrogen and oxygen atoms in total. The van der Waals surface area contributed by atoms with Gasteiger partial charge in [-0.3, -0.25) is 14.6 Å². The van der Waals surface area contributed by atoms with E-state index in [2.05, 4.69) is 11.0 Å². The van der Waals surface area contributed by atoms with Crippen LogP contribution in [0.2, 0.25) is 0 Å². The number of likely N-dealkylation sites (tertiary alicyclic amines) is 1. The number of esters is 1. The van der Waals surface area contributed by atoms with Gasteiger partial charge in [0.05, 0.1) is 33.5 Å². The SMILES string of the molecule is COc1ccc(CCO[C@H]2CCCC[C@H]2N2CC[C@@H](OC(=O)CN(C)C)C2)cc1OC. The fourth-order valence-electron chi connectivity index (χ4n) is 4.69. The van der Waals surface area contributed by atoms with Crippen LogP contribution in [-0.2, 0) is 20.7 Å². The van der Waals surface area contributed by atoms with Gasteiger partial charge in [0.2, 0.25) is 0 Å². The van der Waals surface area contributed by atoms with Gasteiger partial charge in [0.15, 0.2) is 11.5 Å². The largest absolute Gasteiger partial charge is 0.493 e. The monoisotopic (exact) mass is 434 g/mol. The zero-order valence-corrected chi connectivity index (χ0v) is 19.5. The Morgan fingerprint density at radius 2 is 1.87 bits per heavy atom. The van der Waals surface area contributed by atoms with E-state index in [0.717, 1.165) is 50.3 Å². The third kappa shape index (κ3) is 6.82. The average molecular weight is 435 g/mol. The Morgan fingerprint density at radius 3 is 2.61 bits per heavy atom. The van der Waals surface area contributed by atoms with E-state index in [9.17, 15) is 4.79 Å². The Labute approximate surface area is 186 Å². The van der Waals surface area contributed by atoms with Gasteiger partial charge in [-0.25, -0.2) is 0 Å². The van der Waals surface area contributed by atoms with Crippen LogP contribution in [0.4, 0.5) is 0 Å². The van der Waals surface area contributed by atoms with E-state index >= 15 is 0 Å². The first-order valence-electron chi connectivity index (χ1n) is 11.4. The summed E-state index contributed by atoms with van der Waals surface area (Å²) in [5, 5.41) is 0. The van der Waals surface area contributed by atoms with E-state index in [1.807, 2.05) is 31.1 Å². The number of nitrogens with zero attached hydrogens (tertiary/aromatic N) is 2. The van der Waals surface area contributed by atoms with E-state index in [1.165, 1.54) is 18.4 Å². The van der Waals surface area contributed by atoms with E-state index in [4.69, 9.17) is 18.9 Å². The Morgan fingerprint density at radius 1 is 1.10 bits per heavy atom. The lowest BCUT2D eigenvalue weighted by molar-refractivity contribution is -0.149. The highest BCUT2D eigenvalue weighted by Gasteiger charge is 2.36. The zero-order valence-electron chi connectivity index (χ0n) is 19.5. The molecule has 0 aromatic heterocycles. The van der Waals surface area contributed by atoms with Gasteiger partial charge in [-0.1, -0.05) is 18.9 Å². The first-order chi connectivity index (χ1) is 15.0. The predicted molar refractivity (Wildman–Crippen MR) is 120 cm³/mol. The van der Waals surface area contributed by atoms with Crippen LogP contribution in [0.15, 0.2) is 18.2 Å². The van der Waals surface area contributed by atoms with Gasteiger partial charge in [0, 0.05) is 19.1 Å². The number of hydrogen-bond acceptors (Lipinski definition) is 7. The van der Waals surface area contributed by atoms with Crippen LogP contribution in [0.5, 0.6) is 11.5 Å². The van der Waals surface area contributed by atoms with Crippen LogP contribution in [0.3, 0.4) is 0 Å². The van der Waals surface area contributed by atoms with Crippen LogP contribution in [0.1, 0.15) is 37.7 Å². The van der Waals surface area contributed by atoms with Crippen molar-refractivity contribution in [2.75, 3.05) is 54.6 Å². The molecule has 3 atom stereocenters. The molecule has 7 heteroatoms. The molecule has 1 aliphatic carbocycles. The van der Waals surface area contributed by atoms with Crippen molar-refractivity contribution in [3.05, 3.63) is 23.8 Å². The topological polar surface area (TPSA) is 60.5 Å². The highest BCUT2D eigenvalue weighted by atomic mass is 16.5. The third-order valence-electron chi connectivity index (χ3n) is 6.23. The Bertz CT molecular complexity index is 711. The van der Waals surface area contributed by atoms with Crippen molar-refractivity contribution < 1.29 is 23.7 Å². The second-order valence-corrected chi connectivity index (χ2v) is 8.83. The van der Waals surface area contributed by atoms with Crippen LogP contribution >= 0.6 is 0 Å². The minimum absolute atomic E-state index is 0.00166. The molecule has 1 saturated heterocycles. The van der Waals surface area contributed by atoms with Crippen LogP contribution in [0.25, 0.3) is 0 Å². The second kappa shape index (κ2) is 11.7. The summed E-state index contributed by atoms with van der Waals surface area (Å²) in [4.78, 5) is 16.3. The molecular weight excluding hydrogens is 396 g/mol. The molecule has 3 rings (SSSR count). The summed E-state index contributed by atoms with van der Waals surface area (Å²) in [5.41, 5.74) is 1.18. The maximum Gasteiger partial charge on any atom is 0.320 e. The summed E-state index contributed by atoms with van der Waals surface area (Å²) in [6.45, 7) is 2.81. The molecule has 1 heterocycles. The third-order valence-corrected chi connectivity index (χ3v) is 6.23. The molecule has 2 fully saturated rings. The molecule has 2 aliphatic rings. The van der Waals surface area contributed by atoms with Gasteiger partial charge in [-0.05, 0) is 57.5 Å². The van der Waals surface area contributed by atoms with Gasteiger partial charge >= 0.3 is 5.97 Å². The first-order valence-corrected chi connectivity index (χ1v) is 11.4. The first kappa shape index (κ1) is 23.8. The Balaban J connectivity index is 1.49. The van der Waals surface area contributed by atoms with Gasteiger partial charge in [-0.15, -0.1) is 0 Å². The Kier molecular flexibility index (Phi) is 8.99. The summed E-state index contributed by atoms with van der Waals surface area (Å²) >= 11 is 0. The minimum atomic E-state index is -0.136. The van der Waals surface area contributed by atoms with Gasteiger partial charge < -0.3 is 18.9 Å². The molecular formula is C24H38N2O5. The minimum Gasteiger partial charge on any atom is -0.493 e. The maximum atomic E-state index is 12.0. The highest BCUT2D eigenvalue weighted by molar-refractivity contribution is 5.71. The van der Waals surface area contributed by atoms with Crippen LogP contribution < -0.4 is 9.47 Å². The van der Waals surface area contributed by atoms with Crippen molar-refractivity contribution in [1.82, 2.24) is 9.80 Å². The summed E-state index contributed by atoms with van der Waals surface area (Å²) in [5.74, 6) is 1.36. The number of hydrogen-bond donors (Lipinski definition) is 0. The van der Waals surface area contributed by atoms with E-state index in [1.54, 1.807) is 14.2 Å². The number of methoxy groups -OCH3 is 2. The van der Waals surface area contributed by atoms with Gasteiger partial charge in [0.25, 0.3) is 0 Å². The quantitative estimate of drug-likeness (QED) is 0.525. The number of benzene rings is 1. The fourth-order valence-corrected chi connectivity index (χ4v) is 4.69. The summed E-state index contributed by atoms with van der Waals surface area (Å²) in [6, 6.07) is 6.44. The van der Waals surface area contributed by atoms with Gasteiger partial charge in [0.1, 0.15) is 6.10 Å².